The Balaban J connectivity index is 4.06. The van der Waals surface area contributed by atoms with Gasteiger partial charge in [-0.15, -0.1) is 5.01 Å². The zero-order valence-corrected chi connectivity index (χ0v) is 8.95. The number of hydrogen-bond acceptors (Lipinski definition) is 6. The maximum atomic E-state index is 11.1. The molecule has 0 bridgehead atoms. The van der Waals surface area contributed by atoms with Crippen molar-refractivity contribution in [2.24, 2.45) is 5.28 Å². The largest absolute Gasteiger partial charge is 0.569 e. The molecule has 1 N–H and O–H groups in total. The van der Waals surface area contributed by atoms with Gasteiger partial charge in [0.1, 0.15) is 0 Å². The van der Waals surface area contributed by atoms with Crippen molar-refractivity contribution in [1.29, 1.82) is 0 Å². The first-order chi connectivity index (χ1) is 7.47. The quantitative estimate of drug-likeness (QED) is 0.161. The molecule has 9 heteroatoms. The molecule has 0 aliphatic carbocycles. The Bertz CT molecular complexity index is 279. The molecule has 0 saturated carbocycles. The van der Waals surface area contributed by atoms with Crippen LogP contribution in [0.15, 0.2) is 5.28 Å². The molecule has 0 amide bonds. The maximum Gasteiger partial charge on any atom is 0.329 e. The Morgan fingerprint density at radius 2 is 2.19 bits per heavy atom. The molecule has 0 aliphatic rings. The van der Waals surface area contributed by atoms with E-state index in [2.05, 4.69) is 14.9 Å². The summed E-state index contributed by atoms with van der Waals surface area (Å²) in [6.45, 7) is 1.89. The average Bonchev–Trinajstić information content (AvgIpc) is 2.20. The third-order valence-corrected chi connectivity index (χ3v) is 1.37. The fourth-order valence-electron chi connectivity index (χ4n) is 0.683. The minimum Gasteiger partial charge on any atom is -0.569 e. The van der Waals surface area contributed by atoms with E-state index in [4.69, 9.17) is 5.11 Å². The summed E-state index contributed by atoms with van der Waals surface area (Å²) in [7, 11) is 0. The summed E-state index contributed by atoms with van der Waals surface area (Å²) in [6.07, 6.45) is 0. The molecule has 0 unspecified atom stereocenters. The van der Waals surface area contributed by atoms with Crippen molar-refractivity contribution in [3.8, 4) is 0 Å². The number of carbonyl (C=O) groups is 2. The normalized spacial score (nSPS) is 10.8. The van der Waals surface area contributed by atoms with Crippen molar-refractivity contribution in [3.05, 3.63) is 5.21 Å². The van der Waals surface area contributed by atoms with Gasteiger partial charge >= 0.3 is 11.9 Å². The lowest BCUT2D eigenvalue weighted by molar-refractivity contribution is -0.709. The third-order valence-electron chi connectivity index (χ3n) is 1.37. The Morgan fingerprint density at radius 1 is 1.56 bits per heavy atom. The van der Waals surface area contributed by atoms with Gasteiger partial charge in [0.25, 0.3) is 6.79 Å². The highest BCUT2D eigenvalue weighted by atomic mass is 16.8. The number of aliphatic carboxylic acids is 1. The first kappa shape index (κ1) is 13.9. The molecule has 0 saturated heterocycles. The van der Waals surface area contributed by atoms with E-state index in [0.717, 1.165) is 5.01 Å². The lowest BCUT2D eigenvalue weighted by Crippen LogP contribution is -2.35. The van der Waals surface area contributed by atoms with Crippen LogP contribution in [0.5, 0.6) is 0 Å². The number of rotatable bonds is 7. The van der Waals surface area contributed by atoms with Crippen LogP contribution in [-0.4, -0.2) is 46.9 Å². The summed E-state index contributed by atoms with van der Waals surface area (Å²) in [5, 5.41) is 23.4. The molecule has 0 heterocycles. The van der Waals surface area contributed by atoms with Crippen LogP contribution in [0.4, 0.5) is 0 Å². The monoisotopic (exact) mass is 235 g/mol. The number of carbonyl (C=O) groups excluding carboxylic acids is 1. The van der Waals surface area contributed by atoms with Crippen molar-refractivity contribution in [3.63, 3.8) is 0 Å². The summed E-state index contributed by atoms with van der Waals surface area (Å²) in [5.41, 5.74) is 0. The molecule has 92 valence electrons. The average molecular weight is 235 g/mol. The molecular formula is C7H13N3O6. The summed E-state index contributed by atoms with van der Waals surface area (Å²) in [6, 6.07) is 0. The fourth-order valence-corrected chi connectivity index (χ4v) is 0.683. The molecule has 0 aromatic rings. The van der Waals surface area contributed by atoms with E-state index in [1.807, 2.05) is 0 Å². The van der Waals surface area contributed by atoms with Gasteiger partial charge in [0.2, 0.25) is 5.28 Å². The molecule has 0 aromatic carbocycles. The minimum atomic E-state index is -1.17. The van der Waals surface area contributed by atoms with Crippen LogP contribution in [0.3, 0.4) is 0 Å². The van der Waals surface area contributed by atoms with Gasteiger partial charge in [0, 0.05) is 6.92 Å². The second-order valence-corrected chi connectivity index (χ2v) is 2.59. The van der Waals surface area contributed by atoms with Crippen LogP contribution in [0.1, 0.15) is 13.8 Å². The lowest BCUT2D eigenvalue weighted by atomic mass is 10.6. The number of carboxylic acid groups (broad SMARTS) is 1. The Morgan fingerprint density at radius 3 is 2.62 bits per heavy atom. The molecule has 0 aliphatic heterocycles. The number of hydrogen-bond donors (Lipinski definition) is 1. The van der Waals surface area contributed by atoms with E-state index in [0.29, 0.717) is 0 Å². The summed E-state index contributed by atoms with van der Waals surface area (Å²) < 4.78 is 4.33. The smallest absolute Gasteiger partial charge is 0.329 e. The van der Waals surface area contributed by atoms with Crippen molar-refractivity contribution in [2.75, 3.05) is 19.9 Å². The zero-order valence-electron chi connectivity index (χ0n) is 8.95. The van der Waals surface area contributed by atoms with Crippen LogP contribution in [0.25, 0.3) is 0 Å². The topological polar surface area (TPSA) is 114 Å². The van der Waals surface area contributed by atoms with Crippen LogP contribution in [0, 0.1) is 5.21 Å². The van der Waals surface area contributed by atoms with Crippen LogP contribution < -0.4 is 0 Å². The standard InChI is InChI=1S/C7H13N3O6/c1-3-9(4-7(12)13)10(14)8-16-5-15-6(2)11/h3-5H2,1-2H3,(H,12,13). The van der Waals surface area contributed by atoms with Gasteiger partial charge in [-0.05, 0) is 6.92 Å². The number of hydrazine groups is 1. The lowest BCUT2D eigenvalue weighted by Gasteiger charge is -2.13. The molecule has 0 atom stereocenters. The van der Waals surface area contributed by atoms with E-state index < -0.39 is 25.3 Å². The van der Waals surface area contributed by atoms with Crippen molar-refractivity contribution < 1.29 is 29.2 Å². The summed E-state index contributed by atoms with van der Waals surface area (Å²) in [5.74, 6) is -1.75. The maximum absolute atomic E-state index is 11.1. The minimum absolute atomic E-state index is 0.0163. The number of esters is 1. The van der Waals surface area contributed by atoms with Gasteiger partial charge < -0.3 is 19.9 Å². The van der Waals surface area contributed by atoms with Crippen molar-refractivity contribution in [1.82, 2.24) is 5.01 Å². The second kappa shape index (κ2) is 7.26. The Labute approximate surface area is 91.4 Å². The van der Waals surface area contributed by atoms with Gasteiger partial charge in [-0.1, -0.05) is 0 Å². The van der Waals surface area contributed by atoms with Crippen molar-refractivity contribution >= 4 is 11.9 Å². The highest BCUT2D eigenvalue weighted by Gasteiger charge is 2.14. The molecule has 16 heavy (non-hydrogen) atoms. The van der Waals surface area contributed by atoms with Gasteiger partial charge in [-0.2, -0.15) is 0 Å². The molecule has 0 radical (unpaired) electrons. The van der Waals surface area contributed by atoms with Gasteiger partial charge in [-0.25, -0.2) is 0 Å². The second-order valence-electron chi connectivity index (χ2n) is 2.59. The van der Waals surface area contributed by atoms with Crippen LogP contribution in [-0.2, 0) is 19.2 Å². The predicted octanol–water partition coefficient (Wildman–Crippen LogP) is -0.277. The highest BCUT2D eigenvalue weighted by Crippen LogP contribution is 1.91. The first-order valence-corrected chi connectivity index (χ1v) is 4.37. The number of nitrogens with zero attached hydrogens (tertiary/aromatic N) is 3. The third kappa shape index (κ3) is 6.40. The van der Waals surface area contributed by atoms with Gasteiger partial charge in [-0.3, -0.25) is 9.59 Å². The summed E-state index contributed by atoms with van der Waals surface area (Å²) >= 11 is 0. The van der Waals surface area contributed by atoms with E-state index in [9.17, 15) is 14.8 Å². The van der Waals surface area contributed by atoms with E-state index in [1.54, 1.807) is 6.92 Å². The van der Waals surface area contributed by atoms with Crippen LogP contribution >= 0.6 is 0 Å². The first-order valence-electron chi connectivity index (χ1n) is 4.37. The number of carboxylic acids is 1. The number of ether oxygens (including phenoxy) is 1. The Kier molecular flexibility index (Phi) is 6.33. The zero-order chi connectivity index (χ0) is 12.6. The van der Waals surface area contributed by atoms with Crippen molar-refractivity contribution in [2.45, 2.75) is 13.8 Å². The van der Waals surface area contributed by atoms with E-state index >= 15 is 0 Å². The SMILES string of the molecule is CCN(CC(=O)O)[N+]([O-])=NOCOC(C)=O. The van der Waals surface area contributed by atoms with Crippen LogP contribution in [0.2, 0.25) is 0 Å². The molecule has 0 aromatic heterocycles. The molecule has 0 fully saturated rings. The molecular weight excluding hydrogens is 222 g/mol. The van der Waals surface area contributed by atoms with Gasteiger partial charge in [0.05, 0.1) is 11.5 Å². The Hall–Kier alpha value is -2.06. The predicted molar refractivity (Wildman–Crippen MR) is 48.7 cm³/mol. The number of likely N-dealkylation sites (N-methyl/N-ethyl adjacent to an activating group) is 1. The van der Waals surface area contributed by atoms with E-state index in [-0.39, 0.29) is 11.5 Å². The fraction of sp³-hybridized carbons (Fsp3) is 0.714. The summed E-state index contributed by atoms with van der Waals surface area (Å²) in [4.78, 5) is 24.9. The highest BCUT2D eigenvalue weighted by molar-refractivity contribution is 5.68. The van der Waals surface area contributed by atoms with Gasteiger partial charge in [0.15, 0.2) is 6.54 Å². The molecule has 0 rings (SSSR count). The molecule has 9 nitrogen and oxygen atoms in total. The molecule has 0 spiro atoms. The van der Waals surface area contributed by atoms with E-state index in [1.165, 1.54) is 6.92 Å².